The van der Waals surface area contributed by atoms with E-state index in [2.05, 4.69) is 36.7 Å². The fraction of sp³-hybridized carbons (Fsp3) is 0.500. The largest absolute Gasteiger partial charge is 0.393 e. The number of amides is 2. The van der Waals surface area contributed by atoms with Crippen molar-refractivity contribution in [3.8, 4) is 0 Å². The van der Waals surface area contributed by atoms with Crippen molar-refractivity contribution < 1.29 is 19.1 Å². The minimum absolute atomic E-state index is 0.0697. The fourth-order valence-electron chi connectivity index (χ4n) is 6.51. The Morgan fingerprint density at radius 3 is 2.59 bits per heavy atom. The van der Waals surface area contributed by atoms with E-state index < -0.39 is 35.3 Å². The number of aliphatic hydroxyl groups is 1. The average Bonchev–Trinajstić information content (AvgIpc) is 3.44. The number of hydrogen-bond donors (Lipinski definition) is 4. The van der Waals surface area contributed by atoms with Gasteiger partial charge in [-0.2, -0.15) is 0 Å². The summed E-state index contributed by atoms with van der Waals surface area (Å²) in [6.45, 7) is 6.28. The molecular weight excluding hydrogens is 516 g/mol. The lowest BCUT2D eigenvalue weighted by Crippen LogP contribution is -2.49. The summed E-state index contributed by atoms with van der Waals surface area (Å²) in [5, 5.41) is 20.0. The van der Waals surface area contributed by atoms with Crippen LogP contribution in [0.3, 0.4) is 0 Å². The second-order valence-electron chi connectivity index (χ2n) is 11.8. The van der Waals surface area contributed by atoms with Gasteiger partial charge in [0.05, 0.1) is 17.2 Å². The van der Waals surface area contributed by atoms with Crippen LogP contribution in [0.25, 0.3) is 0 Å². The molecule has 5 rings (SSSR count). The van der Waals surface area contributed by atoms with Gasteiger partial charge < -0.3 is 21.1 Å². The molecule has 4 N–H and O–H groups in total. The van der Waals surface area contributed by atoms with Gasteiger partial charge in [0.1, 0.15) is 11.2 Å². The number of nitrogens with one attached hydrogen (secondary N) is 3. The van der Waals surface area contributed by atoms with Crippen molar-refractivity contribution >= 4 is 40.7 Å². The molecule has 0 unspecified atom stereocenters. The summed E-state index contributed by atoms with van der Waals surface area (Å²) < 4.78 is 14.2. The maximum Gasteiger partial charge on any atom is 0.238 e. The normalized spacial score (nSPS) is 31.0. The van der Waals surface area contributed by atoms with Crippen molar-refractivity contribution in [2.24, 2.45) is 5.41 Å². The highest BCUT2D eigenvalue weighted by Crippen LogP contribution is 2.56. The Morgan fingerprint density at radius 2 is 1.95 bits per heavy atom. The number of carbonyl (C=O) groups is 2. The van der Waals surface area contributed by atoms with E-state index in [1.165, 1.54) is 12.1 Å². The van der Waals surface area contributed by atoms with E-state index >= 15 is 0 Å². The highest BCUT2D eigenvalue weighted by atomic mass is 35.5. The molecule has 2 aromatic carbocycles. The number of carbonyl (C=O) groups excluding carboxylic acids is 2. The zero-order valence-electron chi connectivity index (χ0n) is 21.1. The third-order valence-electron chi connectivity index (χ3n) is 7.96. The van der Waals surface area contributed by atoms with Gasteiger partial charge in [0, 0.05) is 28.7 Å². The van der Waals surface area contributed by atoms with E-state index in [0.717, 1.165) is 5.56 Å². The predicted octanol–water partition coefficient (Wildman–Crippen LogP) is 4.91. The van der Waals surface area contributed by atoms with Gasteiger partial charge in [0.2, 0.25) is 11.8 Å². The summed E-state index contributed by atoms with van der Waals surface area (Å²) >= 11 is 12.5. The summed E-state index contributed by atoms with van der Waals surface area (Å²) in [6, 6.07) is 8.37. The van der Waals surface area contributed by atoms with E-state index in [4.69, 9.17) is 23.2 Å². The zero-order valence-corrected chi connectivity index (χ0v) is 22.6. The third kappa shape index (κ3) is 4.65. The van der Waals surface area contributed by atoms with Crippen LogP contribution in [-0.4, -0.2) is 41.2 Å². The second-order valence-corrected chi connectivity index (χ2v) is 12.6. The molecule has 1 spiro atoms. The van der Waals surface area contributed by atoms with Crippen molar-refractivity contribution in [1.29, 1.82) is 0 Å². The Balaban J connectivity index is 1.68. The van der Waals surface area contributed by atoms with Gasteiger partial charge in [-0.05, 0) is 66.5 Å². The molecule has 2 heterocycles. The quantitative estimate of drug-likeness (QED) is 0.437. The summed E-state index contributed by atoms with van der Waals surface area (Å²) in [7, 11) is 0. The van der Waals surface area contributed by atoms with Crippen LogP contribution < -0.4 is 16.0 Å². The molecule has 1 aliphatic carbocycles. The van der Waals surface area contributed by atoms with Crippen molar-refractivity contribution in [1.82, 2.24) is 10.6 Å². The molecule has 6 atom stereocenters. The molecule has 3 aliphatic rings. The SMILES string of the molecule is CC(C)(C)C[C@H]1N[C@@H](C(=O)N[C@H]2CC[C@H](O)C2)[C@H](c2ccc(F)c(Cl)c2)[C@@]12C(=O)Nc1cc(Cl)ccc12. The monoisotopic (exact) mass is 547 g/mol. The van der Waals surface area contributed by atoms with Gasteiger partial charge in [0.25, 0.3) is 0 Å². The summed E-state index contributed by atoms with van der Waals surface area (Å²) in [5.41, 5.74) is 0.620. The number of fused-ring (bicyclic) bond motifs is 2. The summed E-state index contributed by atoms with van der Waals surface area (Å²) in [5.74, 6) is -1.73. The first kappa shape index (κ1) is 26.4. The molecular formula is C28H32Cl2FN3O3. The Morgan fingerprint density at radius 1 is 1.19 bits per heavy atom. The first-order chi connectivity index (χ1) is 17.4. The van der Waals surface area contributed by atoms with Gasteiger partial charge in [-0.15, -0.1) is 0 Å². The molecule has 198 valence electrons. The minimum Gasteiger partial charge on any atom is -0.393 e. The lowest BCUT2D eigenvalue weighted by atomic mass is 9.62. The van der Waals surface area contributed by atoms with Crippen molar-refractivity contribution in [3.05, 3.63) is 63.4 Å². The van der Waals surface area contributed by atoms with Crippen LogP contribution >= 0.6 is 23.2 Å². The van der Waals surface area contributed by atoms with Crippen molar-refractivity contribution in [2.45, 2.75) is 82.0 Å². The van der Waals surface area contributed by atoms with E-state index in [-0.39, 0.29) is 28.3 Å². The molecule has 2 aliphatic heterocycles. The van der Waals surface area contributed by atoms with Crippen molar-refractivity contribution in [2.75, 3.05) is 5.32 Å². The maximum absolute atomic E-state index is 14.2. The van der Waals surface area contributed by atoms with Crippen LogP contribution in [0.5, 0.6) is 0 Å². The van der Waals surface area contributed by atoms with Gasteiger partial charge in [-0.3, -0.25) is 9.59 Å². The number of halogens is 3. The minimum atomic E-state index is -1.16. The molecule has 0 bridgehead atoms. The first-order valence-electron chi connectivity index (χ1n) is 12.7. The summed E-state index contributed by atoms with van der Waals surface area (Å²) in [6.07, 6.45) is 1.97. The Bertz CT molecular complexity index is 1250. The molecule has 37 heavy (non-hydrogen) atoms. The maximum atomic E-state index is 14.2. The van der Waals surface area contributed by atoms with Crippen molar-refractivity contribution in [3.63, 3.8) is 0 Å². The van der Waals surface area contributed by atoms with E-state index in [1.807, 2.05) is 6.07 Å². The molecule has 1 saturated carbocycles. The average molecular weight is 548 g/mol. The molecule has 0 radical (unpaired) electrons. The van der Waals surface area contributed by atoms with Crippen LogP contribution in [0.2, 0.25) is 10.0 Å². The number of benzene rings is 2. The molecule has 0 aromatic heterocycles. The van der Waals surface area contributed by atoms with Gasteiger partial charge in [-0.25, -0.2) is 4.39 Å². The van der Waals surface area contributed by atoms with Crippen LogP contribution in [0, 0.1) is 11.2 Å². The smallest absolute Gasteiger partial charge is 0.238 e. The molecule has 2 aromatic rings. The molecule has 2 fully saturated rings. The lowest BCUT2D eigenvalue weighted by molar-refractivity contribution is -0.124. The van der Waals surface area contributed by atoms with E-state index in [0.29, 0.717) is 42.0 Å². The molecule has 1 saturated heterocycles. The van der Waals surface area contributed by atoms with Crippen LogP contribution in [0.4, 0.5) is 10.1 Å². The van der Waals surface area contributed by atoms with E-state index in [9.17, 15) is 19.1 Å². The second kappa shape index (κ2) is 9.53. The fourth-order valence-corrected chi connectivity index (χ4v) is 6.87. The number of anilines is 1. The van der Waals surface area contributed by atoms with Gasteiger partial charge in [-0.1, -0.05) is 56.1 Å². The van der Waals surface area contributed by atoms with E-state index in [1.54, 1.807) is 18.2 Å². The number of hydrogen-bond acceptors (Lipinski definition) is 4. The Hall–Kier alpha value is -2.19. The Labute approximate surface area is 226 Å². The number of rotatable bonds is 4. The summed E-state index contributed by atoms with van der Waals surface area (Å²) in [4.78, 5) is 27.9. The third-order valence-corrected chi connectivity index (χ3v) is 8.48. The molecule has 2 amide bonds. The molecule has 6 nitrogen and oxygen atoms in total. The van der Waals surface area contributed by atoms with Crippen LogP contribution in [-0.2, 0) is 15.0 Å². The molecule has 9 heteroatoms. The Kier molecular flexibility index (Phi) is 6.80. The predicted molar refractivity (Wildman–Crippen MR) is 142 cm³/mol. The van der Waals surface area contributed by atoms with Crippen LogP contribution in [0.1, 0.15) is 63.5 Å². The number of aliphatic hydroxyl groups excluding tert-OH is 1. The topological polar surface area (TPSA) is 90.5 Å². The lowest BCUT2D eigenvalue weighted by Gasteiger charge is -2.37. The first-order valence-corrected chi connectivity index (χ1v) is 13.5. The highest BCUT2D eigenvalue weighted by molar-refractivity contribution is 6.31. The zero-order chi connectivity index (χ0) is 26.7. The standard InChI is InChI=1S/C28H32Cl2FN3O3/c1-27(2,3)13-22-28(18-8-5-15(29)11-21(18)33-26(28)37)23(14-4-9-20(31)19(30)10-14)24(34-22)25(36)32-16-6-7-17(35)12-16/h4-5,8-11,16-17,22-24,34-35H,6-7,12-13H2,1-3H3,(H,32,36)(H,33,37)/t16-,17-,22+,23-,24+,28-/m0/s1. The van der Waals surface area contributed by atoms with Gasteiger partial charge in [0.15, 0.2) is 0 Å². The van der Waals surface area contributed by atoms with Crippen LogP contribution in [0.15, 0.2) is 36.4 Å². The van der Waals surface area contributed by atoms with Gasteiger partial charge >= 0.3 is 0 Å². The highest BCUT2D eigenvalue weighted by Gasteiger charge is 2.65.